The van der Waals surface area contributed by atoms with Gasteiger partial charge < -0.3 is 20.5 Å². The maximum atomic E-state index is 12.2. The zero-order chi connectivity index (χ0) is 13.9. The molecule has 1 saturated carbocycles. The molecule has 1 heterocycles. The molecule has 1 aliphatic heterocycles. The molecule has 108 valence electrons. The predicted octanol–water partition coefficient (Wildman–Crippen LogP) is 0.753. The lowest BCUT2D eigenvalue weighted by Gasteiger charge is -2.40. The van der Waals surface area contributed by atoms with Crippen LogP contribution in [0.4, 0.5) is 0 Å². The van der Waals surface area contributed by atoms with E-state index in [2.05, 4.69) is 12.2 Å². The van der Waals surface area contributed by atoms with Crippen LogP contribution in [0.15, 0.2) is 0 Å². The number of amides is 1. The van der Waals surface area contributed by atoms with E-state index in [1.54, 1.807) is 0 Å². The summed E-state index contributed by atoms with van der Waals surface area (Å²) in [6, 6.07) is 0. The van der Waals surface area contributed by atoms with E-state index in [9.17, 15) is 4.79 Å². The number of hydrogen-bond donors (Lipinski definition) is 2. The van der Waals surface area contributed by atoms with Crippen LogP contribution in [0, 0.1) is 5.92 Å². The SMILES string of the molecule is CC1CCC(NC(=O)C2COCCO2)(C(N)=S)CC1. The van der Waals surface area contributed by atoms with Crippen molar-refractivity contribution >= 4 is 23.1 Å². The van der Waals surface area contributed by atoms with Crippen LogP contribution in [0.3, 0.4) is 0 Å². The van der Waals surface area contributed by atoms with Gasteiger partial charge in [-0.3, -0.25) is 4.79 Å². The molecule has 19 heavy (non-hydrogen) atoms. The Morgan fingerprint density at radius 2 is 2.05 bits per heavy atom. The number of nitrogens with two attached hydrogens (primary N) is 1. The average molecular weight is 286 g/mol. The van der Waals surface area contributed by atoms with Crippen LogP contribution >= 0.6 is 12.2 Å². The maximum absolute atomic E-state index is 12.2. The lowest BCUT2D eigenvalue weighted by atomic mass is 9.77. The summed E-state index contributed by atoms with van der Waals surface area (Å²) in [5.74, 6) is 0.496. The molecule has 6 heteroatoms. The summed E-state index contributed by atoms with van der Waals surface area (Å²) in [4.78, 5) is 12.6. The Morgan fingerprint density at radius 1 is 1.37 bits per heavy atom. The first-order valence-corrected chi connectivity index (χ1v) is 7.25. The topological polar surface area (TPSA) is 73.6 Å². The van der Waals surface area contributed by atoms with Gasteiger partial charge in [0.05, 0.1) is 30.3 Å². The molecule has 1 aliphatic carbocycles. The molecular weight excluding hydrogens is 264 g/mol. The predicted molar refractivity (Wildman–Crippen MR) is 75.9 cm³/mol. The molecule has 0 aromatic carbocycles. The van der Waals surface area contributed by atoms with Gasteiger partial charge in [0.15, 0.2) is 6.10 Å². The number of ether oxygens (including phenoxy) is 2. The van der Waals surface area contributed by atoms with Gasteiger partial charge in [0.2, 0.25) is 0 Å². The van der Waals surface area contributed by atoms with Crippen molar-refractivity contribution in [2.75, 3.05) is 19.8 Å². The van der Waals surface area contributed by atoms with Crippen molar-refractivity contribution in [2.45, 2.75) is 44.2 Å². The van der Waals surface area contributed by atoms with E-state index in [4.69, 9.17) is 27.4 Å². The van der Waals surface area contributed by atoms with E-state index in [0.717, 1.165) is 25.7 Å². The average Bonchev–Trinajstić information content (AvgIpc) is 2.42. The number of carbonyl (C=O) groups is 1. The molecule has 0 bridgehead atoms. The van der Waals surface area contributed by atoms with Crippen LogP contribution in [-0.4, -0.2) is 42.4 Å². The van der Waals surface area contributed by atoms with Crippen molar-refractivity contribution in [3.63, 3.8) is 0 Å². The number of thiocarbonyl (C=S) groups is 1. The minimum Gasteiger partial charge on any atom is -0.391 e. The summed E-state index contributed by atoms with van der Waals surface area (Å²) in [5, 5.41) is 3.01. The normalized spacial score (nSPS) is 35.6. The second-order valence-electron chi connectivity index (χ2n) is 5.55. The van der Waals surface area contributed by atoms with Crippen LogP contribution in [-0.2, 0) is 14.3 Å². The quantitative estimate of drug-likeness (QED) is 0.749. The Morgan fingerprint density at radius 3 is 2.58 bits per heavy atom. The molecule has 5 nitrogen and oxygen atoms in total. The second kappa shape index (κ2) is 6.15. The second-order valence-corrected chi connectivity index (χ2v) is 5.99. The van der Waals surface area contributed by atoms with Gasteiger partial charge in [-0.2, -0.15) is 0 Å². The van der Waals surface area contributed by atoms with Gasteiger partial charge in [-0.05, 0) is 31.6 Å². The van der Waals surface area contributed by atoms with Crippen LogP contribution in [0.1, 0.15) is 32.6 Å². The molecule has 2 rings (SSSR count). The molecule has 1 atom stereocenters. The number of hydrogen-bond acceptors (Lipinski definition) is 4. The van der Waals surface area contributed by atoms with Gasteiger partial charge in [-0.1, -0.05) is 19.1 Å². The van der Waals surface area contributed by atoms with Crippen LogP contribution < -0.4 is 11.1 Å². The van der Waals surface area contributed by atoms with Gasteiger partial charge in [0.1, 0.15) is 0 Å². The molecule has 1 amide bonds. The van der Waals surface area contributed by atoms with E-state index < -0.39 is 11.6 Å². The van der Waals surface area contributed by atoms with Gasteiger partial charge in [-0.25, -0.2) is 0 Å². The highest BCUT2D eigenvalue weighted by atomic mass is 32.1. The maximum Gasteiger partial charge on any atom is 0.252 e. The summed E-state index contributed by atoms with van der Waals surface area (Å²) >= 11 is 5.18. The third kappa shape index (κ3) is 3.43. The van der Waals surface area contributed by atoms with Crippen molar-refractivity contribution in [2.24, 2.45) is 11.7 Å². The standard InChI is InChI=1S/C13H22N2O3S/c1-9-2-4-13(5-3-9,12(14)19)15-11(16)10-8-17-6-7-18-10/h9-10H,2-8H2,1H3,(H2,14,19)(H,15,16). The van der Waals surface area contributed by atoms with Crippen LogP contribution in [0.5, 0.6) is 0 Å². The molecule has 0 aromatic rings. The molecular formula is C13H22N2O3S. The van der Waals surface area contributed by atoms with Crippen molar-refractivity contribution in [1.29, 1.82) is 0 Å². The Bertz CT molecular complexity index is 348. The van der Waals surface area contributed by atoms with E-state index in [-0.39, 0.29) is 5.91 Å². The molecule has 2 fully saturated rings. The first kappa shape index (κ1) is 14.7. The highest BCUT2D eigenvalue weighted by Crippen LogP contribution is 2.32. The summed E-state index contributed by atoms with van der Waals surface area (Å²) < 4.78 is 10.7. The lowest BCUT2D eigenvalue weighted by molar-refractivity contribution is -0.149. The van der Waals surface area contributed by atoms with Gasteiger partial charge in [-0.15, -0.1) is 0 Å². The number of nitrogens with one attached hydrogen (secondary N) is 1. The number of carbonyl (C=O) groups excluding carboxylic acids is 1. The summed E-state index contributed by atoms with van der Waals surface area (Å²) in [5.41, 5.74) is 5.33. The molecule has 0 aromatic heterocycles. The summed E-state index contributed by atoms with van der Waals surface area (Å²) in [6.45, 7) is 3.51. The van der Waals surface area contributed by atoms with Crippen molar-refractivity contribution < 1.29 is 14.3 Å². The van der Waals surface area contributed by atoms with E-state index >= 15 is 0 Å². The molecule has 0 spiro atoms. The minimum atomic E-state index is -0.542. The van der Waals surface area contributed by atoms with E-state index in [1.807, 2.05) is 0 Å². The smallest absolute Gasteiger partial charge is 0.252 e. The molecule has 1 saturated heterocycles. The van der Waals surface area contributed by atoms with Crippen LogP contribution in [0.2, 0.25) is 0 Å². The van der Waals surface area contributed by atoms with Crippen molar-refractivity contribution in [1.82, 2.24) is 5.32 Å². The Hall–Kier alpha value is -0.720. The summed E-state index contributed by atoms with van der Waals surface area (Å²) in [7, 11) is 0. The Balaban J connectivity index is 2.00. The van der Waals surface area contributed by atoms with Crippen LogP contribution in [0.25, 0.3) is 0 Å². The summed E-state index contributed by atoms with van der Waals surface area (Å²) in [6.07, 6.45) is 3.13. The molecule has 2 aliphatic rings. The number of rotatable bonds is 3. The van der Waals surface area contributed by atoms with Gasteiger partial charge in [0, 0.05) is 0 Å². The highest BCUT2D eigenvalue weighted by Gasteiger charge is 2.40. The zero-order valence-corrected chi connectivity index (χ0v) is 12.1. The van der Waals surface area contributed by atoms with Crippen molar-refractivity contribution in [3.8, 4) is 0 Å². The van der Waals surface area contributed by atoms with Gasteiger partial charge >= 0.3 is 0 Å². The first-order chi connectivity index (χ1) is 9.03. The third-order valence-electron chi connectivity index (χ3n) is 4.07. The fourth-order valence-corrected chi connectivity index (χ4v) is 2.90. The van der Waals surface area contributed by atoms with Gasteiger partial charge in [0.25, 0.3) is 5.91 Å². The molecule has 1 unspecified atom stereocenters. The lowest BCUT2D eigenvalue weighted by Crippen LogP contribution is -2.61. The van der Waals surface area contributed by atoms with E-state index in [1.165, 1.54) is 0 Å². The molecule has 0 radical (unpaired) electrons. The van der Waals surface area contributed by atoms with Crippen molar-refractivity contribution in [3.05, 3.63) is 0 Å². The Kier molecular flexibility index (Phi) is 4.76. The monoisotopic (exact) mass is 286 g/mol. The third-order valence-corrected chi connectivity index (χ3v) is 4.46. The Labute approximate surface area is 119 Å². The molecule has 3 N–H and O–H groups in total. The zero-order valence-electron chi connectivity index (χ0n) is 11.3. The largest absolute Gasteiger partial charge is 0.391 e. The first-order valence-electron chi connectivity index (χ1n) is 6.85. The van der Waals surface area contributed by atoms with E-state index in [0.29, 0.717) is 30.7 Å². The highest BCUT2D eigenvalue weighted by molar-refractivity contribution is 7.80. The fraction of sp³-hybridized carbons (Fsp3) is 0.846. The fourth-order valence-electron chi connectivity index (χ4n) is 2.64. The minimum absolute atomic E-state index is 0.165.